The van der Waals surface area contributed by atoms with Gasteiger partial charge in [-0.05, 0) is 38.5 Å². The van der Waals surface area contributed by atoms with Crippen LogP contribution in [0, 0.1) is 5.82 Å². The van der Waals surface area contributed by atoms with Crippen molar-refractivity contribution in [3.8, 4) is 0 Å². The van der Waals surface area contributed by atoms with Gasteiger partial charge in [0.05, 0.1) is 12.1 Å². The topological polar surface area (TPSA) is 69.6 Å². The van der Waals surface area contributed by atoms with Gasteiger partial charge in [-0.25, -0.2) is 9.18 Å². The molecule has 5 nitrogen and oxygen atoms in total. The first-order valence-corrected chi connectivity index (χ1v) is 6.26. The van der Waals surface area contributed by atoms with Gasteiger partial charge in [0.25, 0.3) is 5.91 Å². The largest absolute Gasteiger partial charge is 0.389 e. The Balaban J connectivity index is 2.33. The van der Waals surface area contributed by atoms with Crippen molar-refractivity contribution in [2.75, 3.05) is 6.54 Å². The number of urea groups is 1. The van der Waals surface area contributed by atoms with Crippen molar-refractivity contribution in [2.45, 2.75) is 31.9 Å². The smallest absolute Gasteiger partial charge is 0.325 e. The number of aliphatic hydroxyl groups is 1. The van der Waals surface area contributed by atoms with Crippen LogP contribution >= 0.6 is 0 Å². The van der Waals surface area contributed by atoms with E-state index in [0.717, 1.165) is 4.90 Å². The molecule has 2 rings (SSSR count). The predicted molar refractivity (Wildman–Crippen MR) is 70.3 cm³/mol. The molecule has 0 saturated carbocycles. The Morgan fingerprint density at radius 3 is 2.35 bits per heavy atom. The van der Waals surface area contributed by atoms with Crippen LogP contribution in [0.1, 0.15) is 26.3 Å². The second-order valence-corrected chi connectivity index (χ2v) is 5.77. The van der Waals surface area contributed by atoms with E-state index in [0.29, 0.717) is 5.56 Å². The Labute approximate surface area is 116 Å². The molecule has 1 saturated heterocycles. The molecule has 1 unspecified atom stereocenters. The molecule has 1 atom stereocenters. The van der Waals surface area contributed by atoms with Gasteiger partial charge in [0.1, 0.15) is 11.4 Å². The first kappa shape index (κ1) is 14.5. The highest BCUT2D eigenvalue weighted by Crippen LogP contribution is 2.29. The average Bonchev–Trinajstić information content (AvgIpc) is 2.53. The summed E-state index contributed by atoms with van der Waals surface area (Å²) < 4.78 is 13.0. The zero-order chi connectivity index (χ0) is 15.1. The molecule has 1 aliphatic heterocycles. The standard InChI is InChI=1S/C14H17FN2O3/c1-13(2,20)8-17-11(18)14(3,16-12(17)19)9-4-6-10(15)7-5-9/h4-7,20H,8H2,1-3H3,(H,16,19). The molecule has 1 fully saturated rings. The number of benzene rings is 1. The third kappa shape index (κ3) is 2.51. The molecule has 1 aromatic rings. The van der Waals surface area contributed by atoms with Crippen LogP contribution in [0.3, 0.4) is 0 Å². The number of imide groups is 1. The second-order valence-electron chi connectivity index (χ2n) is 5.77. The number of halogens is 1. The summed E-state index contributed by atoms with van der Waals surface area (Å²) in [5.41, 5.74) is -1.92. The highest BCUT2D eigenvalue weighted by molar-refractivity contribution is 6.07. The van der Waals surface area contributed by atoms with Crippen molar-refractivity contribution < 1.29 is 19.1 Å². The van der Waals surface area contributed by atoms with Crippen LogP contribution in [0.2, 0.25) is 0 Å². The summed E-state index contributed by atoms with van der Waals surface area (Å²) in [6, 6.07) is 4.82. The molecular formula is C14H17FN2O3. The lowest BCUT2D eigenvalue weighted by atomic mass is 9.92. The maximum Gasteiger partial charge on any atom is 0.325 e. The number of carbonyl (C=O) groups excluding carboxylic acids is 2. The Kier molecular flexibility index (Phi) is 3.29. The van der Waals surface area contributed by atoms with Gasteiger partial charge >= 0.3 is 6.03 Å². The number of nitrogens with one attached hydrogen (secondary N) is 1. The number of hydrogen-bond donors (Lipinski definition) is 2. The molecule has 0 aromatic heterocycles. The first-order chi connectivity index (χ1) is 9.13. The third-order valence-corrected chi connectivity index (χ3v) is 3.24. The number of hydrogen-bond acceptors (Lipinski definition) is 3. The Morgan fingerprint density at radius 1 is 1.30 bits per heavy atom. The van der Waals surface area contributed by atoms with Crippen LogP contribution in [0.15, 0.2) is 24.3 Å². The van der Waals surface area contributed by atoms with Crippen LogP contribution in [-0.4, -0.2) is 34.1 Å². The van der Waals surface area contributed by atoms with Gasteiger partial charge in [-0.1, -0.05) is 12.1 Å². The van der Waals surface area contributed by atoms with Crippen molar-refractivity contribution in [2.24, 2.45) is 0 Å². The van der Waals surface area contributed by atoms with E-state index in [1.165, 1.54) is 38.1 Å². The maximum atomic E-state index is 13.0. The van der Waals surface area contributed by atoms with Crippen molar-refractivity contribution in [3.63, 3.8) is 0 Å². The molecule has 20 heavy (non-hydrogen) atoms. The van der Waals surface area contributed by atoms with E-state index in [4.69, 9.17) is 0 Å². The summed E-state index contributed by atoms with van der Waals surface area (Å²) in [6.07, 6.45) is 0. The van der Waals surface area contributed by atoms with Gasteiger partial charge < -0.3 is 10.4 Å². The fourth-order valence-corrected chi connectivity index (χ4v) is 2.21. The van der Waals surface area contributed by atoms with Gasteiger partial charge in [-0.15, -0.1) is 0 Å². The SMILES string of the molecule is CC(C)(O)CN1C(=O)NC(C)(c2ccc(F)cc2)C1=O. The van der Waals surface area contributed by atoms with Gasteiger partial charge in [0.2, 0.25) is 0 Å². The molecule has 0 bridgehead atoms. The van der Waals surface area contributed by atoms with Crippen molar-refractivity contribution in [3.05, 3.63) is 35.6 Å². The molecule has 108 valence electrons. The first-order valence-electron chi connectivity index (χ1n) is 6.26. The molecule has 1 heterocycles. The summed E-state index contributed by atoms with van der Waals surface area (Å²) in [4.78, 5) is 25.3. The van der Waals surface area contributed by atoms with E-state index < -0.39 is 28.9 Å². The van der Waals surface area contributed by atoms with E-state index in [2.05, 4.69) is 5.32 Å². The van der Waals surface area contributed by atoms with Crippen LogP contribution < -0.4 is 5.32 Å². The summed E-state index contributed by atoms with van der Waals surface area (Å²) >= 11 is 0. The second kappa shape index (κ2) is 4.56. The predicted octanol–water partition coefficient (Wildman–Crippen LogP) is 1.36. The van der Waals surface area contributed by atoms with E-state index >= 15 is 0 Å². The average molecular weight is 280 g/mol. The summed E-state index contributed by atoms with van der Waals surface area (Å²) in [6.45, 7) is 4.49. The molecule has 3 amide bonds. The van der Waals surface area contributed by atoms with E-state index in [-0.39, 0.29) is 6.54 Å². The number of β-amino-alcohol motifs (C(OH)–C–C–N with tert-alkyl or cyclic N) is 1. The molecule has 0 aliphatic carbocycles. The fraction of sp³-hybridized carbons (Fsp3) is 0.429. The number of carbonyl (C=O) groups is 2. The Hall–Kier alpha value is -1.95. The minimum absolute atomic E-state index is 0.103. The molecule has 0 spiro atoms. The quantitative estimate of drug-likeness (QED) is 0.821. The van der Waals surface area contributed by atoms with Crippen LogP contribution in [-0.2, 0) is 10.3 Å². The lowest BCUT2D eigenvalue weighted by Crippen LogP contribution is -2.44. The zero-order valence-electron chi connectivity index (χ0n) is 11.6. The highest BCUT2D eigenvalue weighted by atomic mass is 19.1. The lowest BCUT2D eigenvalue weighted by Gasteiger charge is -2.25. The monoisotopic (exact) mass is 280 g/mol. The fourth-order valence-electron chi connectivity index (χ4n) is 2.21. The van der Waals surface area contributed by atoms with Gasteiger partial charge in [0.15, 0.2) is 0 Å². The summed E-state index contributed by atoms with van der Waals surface area (Å²) in [5, 5.41) is 12.4. The molecule has 1 aliphatic rings. The molecule has 1 aromatic carbocycles. The minimum atomic E-state index is -1.24. The van der Waals surface area contributed by atoms with Crippen molar-refractivity contribution in [1.29, 1.82) is 0 Å². The highest BCUT2D eigenvalue weighted by Gasteiger charge is 2.49. The van der Waals surface area contributed by atoms with Crippen LogP contribution in [0.5, 0.6) is 0 Å². The molecular weight excluding hydrogens is 263 g/mol. The summed E-state index contributed by atoms with van der Waals surface area (Å²) in [7, 11) is 0. The Morgan fingerprint density at radius 2 is 1.85 bits per heavy atom. The van der Waals surface area contributed by atoms with Gasteiger partial charge in [0, 0.05) is 0 Å². The molecule has 6 heteroatoms. The number of rotatable bonds is 3. The lowest BCUT2D eigenvalue weighted by molar-refractivity contribution is -0.133. The van der Waals surface area contributed by atoms with Crippen molar-refractivity contribution in [1.82, 2.24) is 10.2 Å². The molecule has 0 radical (unpaired) electrons. The van der Waals surface area contributed by atoms with E-state index in [1.54, 1.807) is 6.92 Å². The van der Waals surface area contributed by atoms with Gasteiger partial charge in [-0.2, -0.15) is 0 Å². The summed E-state index contributed by atoms with van der Waals surface area (Å²) in [5.74, 6) is -0.876. The third-order valence-electron chi connectivity index (χ3n) is 3.24. The number of amides is 3. The minimum Gasteiger partial charge on any atom is -0.389 e. The van der Waals surface area contributed by atoms with Crippen molar-refractivity contribution >= 4 is 11.9 Å². The zero-order valence-corrected chi connectivity index (χ0v) is 11.6. The van der Waals surface area contributed by atoms with Crippen LogP contribution in [0.25, 0.3) is 0 Å². The number of nitrogens with zero attached hydrogens (tertiary/aromatic N) is 1. The van der Waals surface area contributed by atoms with E-state index in [1.807, 2.05) is 0 Å². The van der Waals surface area contributed by atoms with E-state index in [9.17, 15) is 19.1 Å². The van der Waals surface area contributed by atoms with Crippen LogP contribution in [0.4, 0.5) is 9.18 Å². The normalized spacial score (nSPS) is 23.1. The Bertz CT molecular complexity index is 551. The molecule has 2 N–H and O–H groups in total. The van der Waals surface area contributed by atoms with Gasteiger partial charge in [-0.3, -0.25) is 9.69 Å². The maximum absolute atomic E-state index is 13.0.